The van der Waals surface area contributed by atoms with Gasteiger partial charge in [-0.3, -0.25) is 19.7 Å². The number of hydrogen-bond acceptors (Lipinski definition) is 5. The summed E-state index contributed by atoms with van der Waals surface area (Å²) in [5, 5.41) is 13.2. The second-order valence-electron chi connectivity index (χ2n) is 5.23. The Morgan fingerprint density at radius 2 is 2.14 bits per heavy atom. The fraction of sp³-hybridized carbons (Fsp3) is 0.429. The molecule has 1 aromatic rings. The molecule has 0 unspecified atom stereocenters. The highest BCUT2D eigenvalue weighted by Gasteiger charge is 2.40. The Morgan fingerprint density at radius 3 is 2.71 bits per heavy atom. The van der Waals surface area contributed by atoms with Gasteiger partial charge in [0, 0.05) is 12.1 Å². The minimum atomic E-state index is -0.538. The van der Waals surface area contributed by atoms with Crippen molar-refractivity contribution >= 4 is 23.3 Å². The quantitative estimate of drug-likeness (QED) is 0.508. The molecule has 0 saturated heterocycles. The number of carbonyl (C=O) groups excluding carboxylic acids is 2. The molecule has 0 spiro atoms. The van der Waals surface area contributed by atoms with Gasteiger partial charge in [0.1, 0.15) is 0 Å². The van der Waals surface area contributed by atoms with Crippen LogP contribution < -0.4 is 5.32 Å². The molecule has 1 N–H and O–H groups in total. The van der Waals surface area contributed by atoms with Gasteiger partial charge in [0.05, 0.1) is 16.5 Å². The van der Waals surface area contributed by atoms with Crippen molar-refractivity contribution in [3.63, 3.8) is 0 Å². The highest BCUT2D eigenvalue weighted by molar-refractivity contribution is 5.94. The Labute approximate surface area is 121 Å². The maximum absolute atomic E-state index is 11.7. The number of nitro groups is 1. The van der Waals surface area contributed by atoms with Crippen LogP contribution in [0.25, 0.3) is 0 Å². The van der Waals surface area contributed by atoms with E-state index in [4.69, 9.17) is 4.74 Å². The fourth-order valence-corrected chi connectivity index (χ4v) is 1.94. The number of amides is 1. The molecule has 1 aliphatic rings. The van der Waals surface area contributed by atoms with Gasteiger partial charge in [-0.15, -0.1) is 0 Å². The summed E-state index contributed by atoms with van der Waals surface area (Å²) in [6.45, 7) is 3.28. The van der Waals surface area contributed by atoms with Crippen LogP contribution in [0.15, 0.2) is 18.2 Å². The molecule has 2 rings (SSSR count). The minimum absolute atomic E-state index is 0.0997. The van der Waals surface area contributed by atoms with E-state index in [2.05, 4.69) is 5.32 Å². The number of nitro benzene ring substituents is 1. The number of nitrogens with one attached hydrogen (secondary N) is 1. The molecule has 1 saturated carbocycles. The molecule has 1 aliphatic carbocycles. The lowest BCUT2D eigenvalue weighted by atomic mass is 10.2. The smallest absolute Gasteiger partial charge is 0.309 e. The first-order chi connectivity index (χ1) is 9.88. The average Bonchev–Trinajstić information content (AvgIpc) is 3.15. The number of anilines is 1. The zero-order valence-electron chi connectivity index (χ0n) is 11.8. The Morgan fingerprint density at radius 1 is 1.48 bits per heavy atom. The Kier molecular flexibility index (Phi) is 4.21. The van der Waals surface area contributed by atoms with Crippen molar-refractivity contribution in [3.05, 3.63) is 33.9 Å². The molecule has 0 aliphatic heterocycles. The van der Waals surface area contributed by atoms with Crippen LogP contribution >= 0.6 is 0 Å². The highest BCUT2D eigenvalue weighted by atomic mass is 16.6. The molecular formula is C14H16N2O5. The number of ether oxygens (including phenoxy) is 1. The van der Waals surface area contributed by atoms with E-state index in [-0.39, 0.29) is 24.2 Å². The largest absolute Gasteiger partial charge is 0.455 e. The highest BCUT2D eigenvalue weighted by Crippen LogP contribution is 2.38. The Bertz CT molecular complexity index is 599. The van der Waals surface area contributed by atoms with E-state index in [0.717, 1.165) is 6.42 Å². The van der Waals surface area contributed by atoms with Crippen LogP contribution in [0.1, 0.15) is 18.9 Å². The minimum Gasteiger partial charge on any atom is -0.455 e. The van der Waals surface area contributed by atoms with Gasteiger partial charge in [-0.2, -0.15) is 0 Å². The molecule has 0 bridgehead atoms. The van der Waals surface area contributed by atoms with Crippen molar-refractivity contribution < 1.29 is 19.2 Å². The first-order valence-corrected chi connectivity index (χ1v) is 6.60. The number of non-ortho nitro benzene ring substituents is 1. The monoisotopic (exact) mass is 292 g/mol. The number of carbonyl (C=O) groups is 2. The van der Waals surface area contributed by atoms with E-state index in [0.29, 0.717) is 17.2 Å². The van der Waals surface area contributed by atoms with Crippen molar-refractivity contribution in [1.82, 2.24) is 0 Å². The van der Waals surface area contributed by atoms with Gasteiger partial charge in [-0.1, -0.05) is 13.0 Å². The van der Waals surface area contributed by atoms with Gasteiger partial charge in [0.15, 0.2) is 6.61 Å². The van der Waals surface area contributed by atoms with Gasteiger partial charge >= 0.3 is 5.97 Å². The molecule has 1 amide bonds. The summed E-state index contributed by atoms with van der Waals surface area (Å²) in [6.07, 6.45) is 0.796. The molecule has 0 aromatic heterocycles. The van der Waals surface area contributed by atoms with Crippen LogP contribution in [0.4, 0.5) is 11.4 Å². The fourth-order valence-electron chi connectivity index (χ4n) is 1.94. The first kappa shape index (κ1) is 15.0. The van der Waals surface area contributed by atoms with Crippen molar-refractivity contribution in [2.75, 3.05) is 11.9 Å². The number of nitrogens with zero attached hydrogens (tertiary/aromatic N) is 1. The summed E-state index contributed by atoms with van der Waals surface area (Å²) in [7, 11) is 0. The summed E-state index contributed by atoms with van der Waals surface area (Å²) in [6, 6.07) is 4.18. The van der Waals surface area contributed by atoms with Crippen molar-refractivity contribution in [1.29, 1.82) is 0 Å². The lowest BCUT2D eigenvalue weighted by Crippen LogP contribution is -2.22. The number of aryl methyl sites for hydroxylation is 1. The first-order valence-electron chi connectivity index (χ1n) is 6.60. The summed E-state index contributed by atoms with van der Waals surface area (Å²) < 4.78 is 4.90. The maximum Gasteiger partial charge on any atom is 0.309 e. The summed E-state index contributed by atoms with van der Waals surface area (Å²) in [5.74, 6) is -0.661. The Hall–Kier alpha value is -2.44. The third kappa shape index (κ3) is 3.77. The summed E-state index contributed by atoms with van der Waals surface area (Å²) in [4.78, 5) is 33.4. The van der Waals surface area contributed by atoms with Crippen LogP contribution in [-0.4, -0.2) is 23.4 Å². The molecule has 0 radical (unpaired) electrons. The lowest BCUT2D eigenvalue weighted by molar-refractivity contribution is -0.384. The standard InChI is InChI=1S/C14H16N2O5/c1-8-3-4-10(16(19)20)6-12(8)15-13(17)7-21-14(18)11-5-9(11)2/h3-4,6,9,11H,5,7H2,1-2H3,(H,15,17)/t9-,11-/m0/s1. The third-order valence-electron chi connectivity index (χ3n) is 3.46. The molecule has 0 heterocycles. The van der Waals surface area contributed by atoms with Crippen molar-refractivity contribution in [2.45, 2.75) is 20.3 Å². The predicted octanol–water partition coefficient (Wildman–Crippen LogP) is 2.04. The second-order valence-corrected chi connectivity index (χ2v) is 5.23. The number of benzene rings is 1. The number of hydrogen-bond donors (Lipinski definition) is 1. The van der Waals surface area contributed by atoms with Crippen LogP contribution in [-0.2, 0) is 14.3 Å². The molecule has 7 heteroatoms. The zero-order valence-corrected chi connectivity index (χ0v) is 11.8. The van der Waals surface area contributed by atoms with Crippen LogP contribution in [0.2, 0.25) is 0 Å². The second kappa shape index (κ2) is 5.90. The van der Waals surface area contributed by atoms with E-state index in [1.165, 1.54) is 12.1 Å². The van der Waals surface area contributed by atoms with Crippen LogP contribution in [0.3, 0.4) is 0 Å². The molecule has 21 heavy (non-hydrogen) atoms. The van der Waals surface area contributed by atoms with E-state index < -0.39 is 10.8 Å². The predicted molar refractivity (Wildman–Crippen MR) is 74.7 cm³/mol. The summed E-state index contributed by atoms with van der Waals surface area (Å²) in [5.41, 5.74) is 0.917. The summed E-state index contributed by atoms with van der Waals surface area (Å²) >= 11 is 0. The Balaban J connectivity index is 1.91. The SMILES string of the molecule is Cc1ccc([N+](=O)[O-])cc1NC(=O)COC(=O)[C@H]1C[C@@H]1C. The van der Waals surface area contributed by atoms with E-state index in [1.807, 2.05) is 6.92 Å². The molecule has 1 aromatic carbocycles. The lowest BCUT2D eigenvalue weighted by Gasteiger charge is -2.08. The van der Waals surface area contributed by atoms with Crippen molar-refractivity contribution in [2.24, 2.45) is 11.8 Å². The molecule has 112 valence electrons. The topological polar surface area (TPSA) is 98.5 Å². The number of esters is 1. The van der Waals surface area contributed by atoms with Crippen LogP contribution in [0.5, 0.6) is 0 Å². The molecular weight excluding hydrogens is 276 g/mol. The van der Waals surface area contributed by atoms with E-state index >= 15 is 0 Å². The van der Waals surface area contributed by atoms with Gasteiger partial charge < -0.3 is 10.1 Å². The van der Waals surface area contributed by atoms with Gasteiger partial charge in [-0.25, -0.2) is 0 Å². The number of rotatable bonds is 5. The normalized spacial score (nSPS) is 19.7. The van der Waals surface area contributed by atoms with Gasteiger partial charge in [0.2, 0.25) is 0 Å². The molecule has 7 nitrogen and oxygen atoms in total. The van der Waals surface area contributed by atoms with Crippen molar-refractivity contribution in [3.8, 4) is 0 Å². The van der Waals surface area contributed by atoms with Gasteiger partial charge in [-0.05, 0) is 24.8 Å². The van der Waals surface area contributed by atoms with Gasteiger partial charge in [0.25, 0.3) is 11.6 Å². The average molecular weight is 292 g/mol. The van der Waals surface area contributed by atoms with Crippen LogP contribution in [0, 0.1) is 28.9 Å². The zero-order chi connectivity index (χ0) is 15.6. The molecule has 1 fully saturated rings. The maximum atomic E-state index is 11.7. The molecule has 2 atom stereocenters. The van der Waals surface area contributed by atoms with E-state index in [9.17, 15) is 19.7 Å². The van der Waals surface area contributed by atoms with E-state index in [1.54, 1.807) is 13.0 Å². The third-order valence-corrected chi connectivity index (χ3v) is 3.46.